The molecule has 1 rings (SSSR count). The maximum absolute atomic E-state index is 11.9. The minimum Gasteiger partial charge on any atom is -0.324 e. The van der Waals surface area contributed by atoms with Crippen molar-refractivity contribution in [3.8, 4) is 0 Å². The summed E-state index contributed by atoms with van der Waals surface area (Å²) in [6.45, 7) is 8.69. The molecule has 3 nitrogen and oxygen atoms in total. The van der Waals surface area contributed by atoms with E-state index < -0.39 is 0 Å². The van der Waals surface area contributed by atoms with E-state index >= 15 is 0 Å². The molecule has 0 aliphatic rings. The van der Waals surface area contributed by atoms with E-state index in [0.717, 1.165) is 12.1 Å². The van der Waals surface area contributed by atoms with Crippen LogP contribution in [-0.2, 0) is 4.79 Å². The Kier molecular flexibility index (Phi) is 5.32. The third-order valence-electron chi connectivity index (χ3n) is 2.53. The van der Waals surface area contributed by atoms with Crippen molar-refractivity contribution in [2.75, 3.05) is 5.32 Å². The number of nitrogens with one attached hydrogen (secondary N) is 1. The van der Waals surface area contributed by atoms with Gasteiger partial charge in [0.2, 0.25) is 5.91 Å². The van der Waals surface area contributed by atoms with Gasteiger partial charge in [0.05, 0.1) is 5.69 Å². The lowest BCUT2D eigenvalue weighted by Gasteiger charge is -2.22. The van der Waals surface area contributed by atoms with Gasteiger partial charge in [0, 0.05) is 12.6 Å². The zero-order chi connectivity index (χ0) is 13.8. The normalized spacial score (nSPS) is 13.2. The van der Waals surface area contributed by atoms with Gasteiger partial charge >= 0.3 is 0 Å². The van der Waals surface area contributed by atoms with E-state index in [2.05, 4.69) is 53.9 Å². The van der Waals surface area contributed by atoms with Crippen LogP contribution >= 0.6 is 15.9 Å². The van der Waals surface area contributed by atoms with Gasteiger partial charge in [0.25, 0.3) is 0 Å². The summed E-state index contributed by atoms with van der Waals surface area (Å²) in [5.41, 5.74) is 0.986. The lowest BCUT2D eigenvalue weighted by molar-refractivity contribution is -0.117. The molecule has 1 aromatic rings. The SMILES string of the molecule is CC(CC(=O)Nc1cccnc1Br)CC(C)(C)C. The fraction of sp³-hybridized carbons (Fsp3) is 0.571. The predicted octanol–water partition coefficient (Wildman–Crippen LogP) is 4.25. The molecule has 0 aliphatic carbocycles. The third kappa shape index (κ3) is 5.63. The summed E-state index contributed by atoms with van der Waals surface area (Å²) in [6, 6.07) is 3.64. The summed E-state index contributed by atoms with van der Waals surface area (Å²) in [5, 5.41) is 2.88. The molecule has 1 aromatic heterocycles. The molecule has 1 N–H and O–H groups in total. The number of halogens is 1. The van der Waals surface area contributed by atoms with Gasteiger partial charge in [-0.1, -0.05) is 27.7 Å². The number of hydrogen-bond acceptors (Lipinski definition) is 2. The first-order valence-corrected chi connectivity index (χ1v) is 6.97. The van der Waals surface area contributed by atoms with Gasteiger partial charge in [0.1, 0.15) is 4.60 Å². The molecule has 0 aromatic carbocycles. The topological polar surface area (TPSA) is 42.0 Å². The maximum Gasteiger partial charge on any atom is 0.224 e. The Bertz CT molecular complexity index is 413. The van der Waals surface area contributed by atoms with Crippen LogP contribution in [0.3, 0.4) is 0 Å². The second-order valence-electron chi connectivity index (χ2n) is 5.96. The van der Waals surface area contributed by atoms with Crippen molar-refractivity contribution in [2.45, 2.75) is 40.5 Å². The van der Waals surface area contributed by atoms with Crippen molar-refractivity contribution in [2.24, 2.45) is 11.3 Å². The average Bonchev–Trinajstić information content (AvgIpc) is 2.18. The number of amides is 1. The summed E-state index contributed by atoms with van der Waals surface area (Å²) in [4.78, 5) is 16.0. The first-order valence-electron chi connectivity index (χ1n) is 6.18. The maximum atomic E-state index is 11.9. The van der Waals surface area contributed by atoms with Gasteiger partial charge < -0.3 is 5.32 Å². The van der Waals surface area contributed by atoms with Crippen LogP contribution in [-0.4, -0.2) is 10.9 Å². The van der Waals surface area contributed by atoms with Crippen molar-refractivity contribution in [3.05, 3.63) is 22.9 Å². The highest BCUT2D eigenvalue weighted by molar-refractivity contribution is 9.10. The zero-order valence-electron chi connectivity index (χ0n) is 11.5. The molecule has 0 spiro atoms. The van der Waals surface area contributed by atoms with Crippen LogP contribution in [0.4, 0.5) is 5.69 Å². The van der Waals surface area contributed by atoms with Gasteiger partial charge in [-0.05, 0) is 45.8 Å². The number of pyridine rings is 1. The number of anilines is 1. The van der Waals surface area contributed by atoms with Gasteiger partial charge in [-0.2, -0.15) is 0 Å². The third-order valence-corrected chi connectivity index (χ3v) is 3.16. The number of carbonyl (C=O) groups is 1. The Morgan fingerprint density at radius 3 is 2.72 bits per heavy atom. The van der Waals surface area contributed by atoms with Crippen LogP contribution in [0.25, 0.3) is 0 Å². The van der Waals surface area contributed by atoms with E-state index in [9.17, 15) is 4.79 Å². The van der Waals surface area contributed by atoms with Crippen molar-refractivity contribution in [3.63, 3.8) is 0 Å². The van der Waals surface area contributed by atoms with Crippen molar-refractivity contribution >= 4 is 27.5 Å². The lowest BCUT2D eigenvalue weighted by Crippen LogP contribution is -2.19. The molecule has 1 unspecified atom stereocenters. The van der Waals surface area contributed by atoms with Crippen molar-refractivity contribution in [1.29, 1.82) is 0 Å². The number of rotatable bonds is 4. The average molecular weight is 313 g/mol. The van der Waals surface area contributed by atoms with E-state index in [1.54, 1.807) is 12.3 Å². The molecule has 0 radical (unpaired) electrons. The quantitative estimate of drug-likeness (QED) is 0.845. The molecular formula is C14H21BrN2O. The molecule has 1 amide bonds. The molecule has 0 bridgehead atoms. The predicted molar refractivity (Wildman–Crippen MR) is 78.4 cm³/mol. The number of nitrogens with zero attached hydrogens (tertiary/aromatic N) is 1. The van der Waals surface area contributed by atoms with Crippen LogP contribution in [0.15, 0.2) is 22.9 Å². The summed E-state index contributed by atoms with van der Waals surface area (Å²) in [5.74, 6) is 0.417. The number of aromatic nitrogens is 1. The van der Waals surface area contributed by atoms with Crippen molar-refractivity contribution in [1.82, 2.24) is 4.98 Å². The number of hydrogen-bond donors (Lipinski definition) is 1. The fourth-order valence-electron chi connectivity index (χ4n) is 2.11. The van der Waals surface area contributed by atoms with E-state index in [1.807, 2.05) is 6.07 Å². The minimum atomic E-state index is 0.0421. The van der Waals surface area contributed by atoms with E-state index in [-0.39, 0.29) is 11.3 Å². The van der Waals surface area contributed by atoms with E-state index in [1.165, 1.54) is 0 Å². The van der Waals surface area contributed by atoms with Crippen LogP contribution in [0.5, 0.6) is 0 Å². The molecule has 0 fully saturated rings. The standard InChI is InChI=1S/C14H21BrN2O/c1-10(9-14(2,3)4)8-12(18)17-11-6-5-7-16-13(11)15/h5-7,10H,8-9H2,1-4H3,(H,17,18). The Balaban J connectivity index is 2.50. The van der Waals surface area contributed by atoms with Gasteiger partial charge in [0.15, 0.2) is 0 Å². The lowest BCUT2D eigenvalue weighted by atomic mass is 9.84. The summed E-state index contributed by atoms with van der Waals surface area (Å²) in [7, 11) is 0. The van der Waals surface area contributed by atoms with Crippen LogP contribution in [0.1, 0.15) is 40.5 Å². The van der Waals surface area contributed by atoms with Crippen molar-refractivity contribution < 1.29 is 4.79 Å². The number of carbonyl (C=O) groups excluding carboxylic acids is 1. The first-order chi connectivity index (χ1) is 8.28. The Hall–Kier alpha value is -0.900. The molecule has 0 saturated carbocycles. The summed E-state index contributed by atoms with van der Waals surface area (Å²) >= 11 is 3.31. The Labute approximate surface area is 118 Å². The van der Waals surface area contributed by atoms with Crippen LogP contribution < -0.4 is 5.32 Å². The largest absolute Gasteiger partial charge is 0.324 e. The molecule has 18 heavy (non-hydrogen) atoms. The van der Waals surface area contributed by atoms with E-state index in [0.29, 0.717) is 16.9 Å². The second-order valence-corrected chi connectivity index (χ2v) is 6.72. The highest BCUT2D eigenvalue weighted by Crippen LogP contribution is 2.26. The summed E-state index contributed by atoms with van der Waals surface area (Å²) in [6.07, 6.45) is 3.26. The Morgan fingerprint density at radius 1 is 1.50 bits per heavy atom. The van der Waals surface area contributed by atoms with E-state index in [4.69, 9.17) is 0 Å². The van der Waals surface area contributed by atoms with Crippen LogP contribution in [0, 0.1) is 11.3 Å². The van der Waals surface area contributed by atoms with Gasteiger partial charge in [-0.15, -0.1) is 0 Å². The first kappa shape index (κ1) is 15.2. The molecule has 4 heteroatoms. The molecular weight excluding hydrogens is 292 g/mol. The molecule has 1 heterocycles. The molecule has 100 valence electrons. The Morgan fingerprint density at radius 2 is 2.17 bits per heavy atom. The molecule has 0 saturated heterocycles. The fourth-order valence-corrected chi connectivity index (χ4v) is 2.46. The minimum absolute atomic E-state index is 0.0421. The summed E-state index contributed by atoms with van der Waals surface area (Å²) < 4.78 is 0.668. The highest BCUT2D eigenvalue weighted by Gasteiger charge is 2.18. The molecule has 0 aliphatic heterocycles. The second kappa shape index (κ2) is 6.32. The van der Waals surface area contributed by atoms with Gasteiger partial charge in [-0.25, -0.2) is 4.98 Å². The van der Waals surface area contributed by atoms with Crippen LogP contribution in [0.2, 0.25) is 0 Å². The monoisotopic (exact) mass is 312 g/mol. The zero-order valence-corrected chi connectivity index (χ0v) is 13.0. The molecule has 1 atom stereocenters. The van der Waals surface area contributed by atoms with Gasteiger partial charge in [-0.3, -0.25) is 4.79 Å². The highest BCUT2D eigenvalue weighted by atomic mass is 79.9. The smallest absolute Gasteiger partial charge is 0.224 e.